The zero-order valence-corrected chi connectivity index (χ0v) is 18.1. The van der Waals surface area contributed by atoms with E-state index >= 15 is 0 Å². The zero-order valence-electron chi connectivity index (χ0n) is 17.3. The lowest BCUT2D eigenvalue weighted by atomic mass is 10.1. The van der Waals surface area contributed by atoms with E-state index in [1.54, 1.807) is 36.4 Å². The predicted molar refractivity (Wildman–Crippen MR) is 114 cm³/mol. The Morgan fingerprint density at radius 3 is 2.65 bits per heavy atom. The van der Waals surface area contributed by atoms with E-state index in [1.807, 2.05) is 17.6 Å². The van der Waals surface area contributed by atoms with E-state index in [4.69, 9.17) is 10.2 Å². The van der Waals surface area contributed by atoms with Crippen LogP contribution in [0, 0.1) is 5.82 Å². The number of carbonyl (C=O) groups excluding carboxylic acids is 2. The molecule has 1 atom stereocenters. The monoisotopic (exact) mass is 445 g/mol. The van der Waals surface area contributed by atoms with Gasteiger partial charge in [-0.2, -0.15) is 0 Å². The maximum absolute atomic E-state index is 13.2. The molecule has 164 valence electrons. The Labute approximate surface area is 183 Å². The van der Waals surface area contributed by atoms with Gasteiger partial charge in [-0.05, 0) is 36.8 Å². The molecule has 0 aliphatic heterocycles. The van der Waals surface area contributed by atoms with E-state index in [0.29, 0.717) is 29.7 Å². The highest BCUT2D eigenvalue weighted by atomic mass is 32.2. The molecule has 0 radical (unpaired) electrons. The second-order valence-corrected chi connectivity index (χ2v) is 7.99. The second kappa shape index (κ2) is 10.3. The molecule has 0 saturated heterocycles. The molecule has 0 fully saturated rings. The Kier molecular flexibility index (Phi) is 7.45. The number of primary amides is 1. The molecular weight excluding hydrogens is 421 g/mol. The number of amides is 2. The van der Waals surface area contributed by atoms with Gasteiger partial charge >= 0.3 is 0 Å². The van der Waals surface area contributed by atoms with Gasteiger partial charge in [-0.25, -0.2) is 4.39 Å². The number of halogens is 1. The molecule has 0 saturated carbocycles. The van der Waals surface area contributed by atoms with Gasteiger partial charge < -0.3 is 15.1 Å². The highest BCUT2D eigenvalue weighted by Crippen LogP contribution is 2.23. The van der Waals surface area contributed by atoms with Crippen molar-refractivity contribution in [3.8, 4) is 0 Å². The van der Waals surface area contributed by atoms with E-state index in [0.717, 1.165) is 5.56 Å². The summed E-state index contributed by atoms with van der Waals surface area (Å²) in [6.07, 6.45) is 2.07. The van der Waals surface area contributed by atoms with Gasteiger partial charge in [0.15, 0.2) is 5.16 Å². The van der Waals surface area contributed by atoms with E-state index in [9.17, 15) is 14.0 Å². The Bertz CT molecular complexity index is 1020. The topological polar surface area (TPSA) is 107 Å². The van der Waals surface area contributed by atoms with Crippen molar-refractivity contribution in [1.82, 2.24) is 19.7 Å². The number of furan rings is 1. The van der Waals surface area contributed by atoms with E-state index in [2.05, 4.69) is 10.2 Å². The number of aromatic nitrogens is 3. The average Bonchev–Trinajstić information content (AvgIpc) is 3.40. The molecule has 0 bridgehead atoms. The van der Waals surface area contributed by atoms with Crippen LogP contribution < -0.4 is 5.73 Å². The Balaban J connectivity index is 1.68. The van der Waals surface area contributed by atoms with Gasteiger partial charge in [0.25, 0.3) is 0 Å². The van der Waals surface area contributed by atoms with Gasteiger partial charge in [-0.15, -0.1) is 10.2 Å². The fourth-order valence-electron chi connectivity index (χ4n) is 2.97. The van der Waals surface area contributed by atoms with Crippen molar-refractivity contribution < 1.29 is 18.4 Å². The molecule has 2 amide bonds. The lowest BCUT2D eigenvalue weighted by molar-refractivity contribution is -0.129. The van der Waals surface area contributed by atoms with Gasteiger partial charge in [0, 0.05) is 19.9 Å². The Hall–Kier alpha value is -3.14. The van der Waals surface area contributed by atoms with Gasteiger partial charge in [0.2, 0.25) is 11.8 Å². The maximum atomic E-state index is 13.2. The van der Waals surface area contributed by atoms with Crippen LogP contribution in [0.1, 0.15) is 36.5 Å². The summed E-state index contributed by atoms with van der Waals surface area (Å²) >= 11 is 1.26. The highest BCUT2D eigenvalue weighted by Gasteiger charge is 2.20. The molecule has 2 heterocycles. The van der Waals surface area contributed by atoms with Gasteiger partial charge in [-0.1, -0.05) is 23.9 Å². The van der Waals surface area contributed by atoms with Crippen LogP contribution in [0.25, 0.3) is 0 Å². The van der Waals surface area contributed by atoms with Gasteiger partial charge in [0.05, 0.1) is 24.6 Å². The number of hydrogen-bond donors (Lipinski definition) is 1. The van der Waals surface area contributed by atoms with Crippen LogP contribution in [0.2, 0.25) is 0 Å². The van der Waals surface area contributed by atoms with Crippen molar-refractivity contribution in [3.63, 3.8) is 0 Å². The number of benzene rings is 1. The van der Waals surface area contributed by atoms with Crippen molar-refractivity contribution in [2.45, 2.75) is 37.5 Å². The fraction of sp³-hybridized carbons (Fsp3) is 0.333. The number of carbonyl (C=O) groups is 2. The molecule has 1 unspecified atom stereocenters. The quantitative estimate of drug-likeness (QED) is 0.481. The van der Waals surface area contributed by atoms with Crippen molar-refractivity contribution in [3.05, 3.63) is 65.6 Å². The summed E-state index contributed by atoms with van der Waals surface area (Å²) in [5.41, 5.74) is 6.10. The van der Waals surface area contributed by atoms with Crippen molar-refractivity contribution in [1.29, 1.82) is 0 Å². The molecule has 31 heavy (non-hydrogen) atoms. The van der Waals surface area contributed by atoms with Gasteiger partial charge in [0.1, 0.15) is 17.4 Å². The third kappa shape index (κ3) is 5.94. The molecule has 2 N–H and O–H groups in total. The summed E-state index contributed by atoms with van der Waals surface area (Å²) in [5, 5.41) is 8.90. The molecule has 3 aromatic rings. The number of thioether (sulfide) groups is 1. The number of aryl methyl sites for hydroxylation is 1. The van der Waals surface area contributed by atoms with Crippen LogP contribution >= 0.6 is 11.8 Å². The first kappa shape index (κ1) is 22.5. The molecular formula is C21H24FN5O3S. The molecule has 0 spiro atoms. The number of hydrogen-bond acceptors (Lipinski definition) is 6. The minimum Gasteiger partial charge on any atom is -0.467 e. The zero-order chi connectivity index (χ0) is 22.4. The average molecular weight is 446 g/mol. The number of nitrogens with zero attached hydrogens (tertiary/aromatic N) is 4. The first-order valence-electron chi connectivity index (χ1n) is 9.72. The normalized spacial score (nSPS) is 12.0. The first-order chi connectivity index (χ1) is 14.8. The largest absolute Gasteiger partial charge is 0.467 e. The van der Waals surface area contributed by atoms with Crippen LogP contribution in [0.3, 0.4) is 0 Å². The highest BCUT2D eigenvalue weighted by molar-refractivity contribution is 7.99. The lowest BCUT2D eigenvalue weighted by Gasteiger charge is -2.25. The molecule has 0 aliphatic carbocycles. The number of rotatable bonds is 10. The summed E-state index contributed by atoms with van der Waals surface area (Å²) in [5.74, 6) is 0.604. The Morgan fingerprint density at radius 2 is 2.00 bits per heavy atom. The summed E-state index contributed by atoms with van der Waals surface area (Å²) in [6, 6.07) is 9.50. The standard InChI is InChI=1S/C21H24FN5O3S/c1-14(15-5-7-16(22)8-6-15)26(2)20(29)13-31-21-25-24-19(10-9-18(23)28)27(21)12-17-4-3-11-30-17/h3-8,11,14H,9-10,12-13H2,1-2H3,(H2,23,28). The van der Waals surface area contributed by atoms with Crippen molar-refractivity contribution in [2.75, 3.05) is 12.8 Å². The van der Waals surface area contributed by atoms with E-state index < -0.39 is 5.91 Å². The third-order valence-electron chi connectivity index (χ3n) is 4.93. The molecule has 1 aromatic carbocycles. The summed E-state index contributed by atoms with van der Waals surface area (Å²) in [6.45, 7) is 2.27. The molecule has 2 aromatic heterocycles. The molecule has 8 nitrogen and oxygen atoms in total. The van der Waals surface area contributed by atoms with Crippen LogP contribution in [0.15, 0.2) is 52.2 Å². The minimum absolute atomic E-state index is 0.104. The van der Waals surface area contributed by atoms with E-state index in [-0.39, 0.29) is 29.9 Å². The molecule has 3 rings (SSSR count). The van der Waals surface area contributed by atoms with Crippen LogP contribution in [-0.4, -0.2) is 44.3 Å². The van der Waals surface area contributed by atoms with Gasteiger partial charge in [-0.3, -0.25) is 14.2 Å². The summed E-state index contributed by atoms with van der Waals surface area (Å²) in [7, 11) is 1.71. The third-order valence-corrected chi connectivity index (χ3v) is 5.89. The second-order valence-electron chi connectivity index (χ2n) is 7.05. The van der Waals surface area contributed by atoms with Crippen LogP contribution in [-0.2, 0) is 22.6 Å². The molecule has 0 aliphatic rings. The summed E-state index contributed by atoms with van der Waals surface area (Å²) < 4.78 is 20.4. The molecule has 10 heteroatoms. The SMILES string of the molecule is CC(c1ccc(F)cc1)N(C)C(=O)CSc1nnc(CCC(N)=O)n1Cc1ccco1. The lowest BCUT2D eigenvalue weighted by Crippen LogP contribution is -2.31. The number of nitrogens with two attached hydrogens (primary N) is 1. The van der Waals surface area contributed by atoms with Crippen LogP contribution in [0.5, 0.6) is 0 Å². The maximum Gasteiger partial charge on any atom is 0.233 e. The first-order valence-corrected chi connectivity index (χ1v) is 10.7. The minimum atomic E-state index is -0.423. The predicted octanol–water partition coefficient (Wildman–Crippen LogP) is 2.79. The van der Waals surface area contributed by atoms with Crippen molar-refractivity contribution >= 4 is 23.6 Å². The fourth-order valence-corrected chi connectivity index (χ4v) is 3.85. The van der Waals surface area contributed by atoms with Crippen LogP contribution in [0.4, 0.5) is 4.39 Å². The van der Waals surface area contributed by atoms with E-state index in [1.165, 1.54) is 23.9 Å². The summed E-state index contributed by atoms with van der Waals surface area (Å²) in [4.78, 5) is 25.5. The smallest absolute Gasteiger partial charge is 0.233 e. The Morgan fingerprint density at radius 1 is 1.26 bits per heavy atom. The van der Waals surface area contributed by atoms with Crippen molar-refractivity contribution in [2.24, 2.45) is 5.73 Å².